The molecule has 1 fully saturated rings. The summed E-state index contributed by atoms with van der Waals surface area (Å²) in [5.74, 6) is -0.481. The van der Waals surface area contributed by atoms with Crippen molar-refractivity contribution in [2.75, 3.05) is 20.1 Å². The number of nitrogens with one attached hydrogen (secondary N) is 1. The first-order valence-electron chi connectivity index (χ1n) is 11.9. The number of halogens is 2. The number of H-pyrrole nitrogens is 1. The zero-order valence-electron chi connectivity index (χ0n) is 19.9. The van der Waals surface area contributed by atoms with E-state index in [0.717, 1.165) is 16.6 Å². The van der Waals surface area contributed by atoms with Crippen LogP contribution >= 0.6 is 0 Å². The number of ether oxygens (including phenoxy) is 1. The number of imidazole rings is 1. The van der Waals surface area contributed by atoms with Gasteiger partial charge in [-0.25, -0.2) is 8.78 Å². The van der Waals surface area contributed by atoms with Gasteiger partial charge < -0.3 is 24.3 Å². The standard InChI is InChI=1S/C28H23F2N5O2/c1-34-12-25(26(36)13-34)35-24-8-5-16(10-23(24)33-28(35)32-15-31)9-20-18-3-2-4-22(30)21(18)14-37-27-11-17(29)6-7-19(20)27/h2-11,25-26,36H,12-14H2,1H3,(H,32,33)/b20-9+/t25-,26-/m1/s1. The molecule has 0 aliphatic carbocycles. The Balaban J connectivity index is 1.53. The number of aliphatic hydroxyl groups is 1. The number of aromatic amines is 1. The Morgan fingerprint density at radius 1 is 1.14 bits per heavy atom. The van der Waals surface area contributed by atoms with Gasteiger partial charge in [0.1, 0.15) is 24.0 Å². The van der Waals surface area contributed by atoms with Gasteiger partial charge in [-0.3, -0.25) is 0 Å². The van der Waals surface area contributed by atoms with Crippen LogP contribution in [0.5, 0.6) is 5.75 Å². The highest BCUT2D eigenvalue weighted by Gasteiger charge is 2.32. The second kappa shape index (κ2) is 9.00. The molecule has 0 radical (unpaired) electrons. The number of benzene rings is 3. The average Bonchev–Trinajstić information content (AvgIpc) is 3.34. The maximum Gasteiger partial charge on any atom is 0.219 e. The van der Waals surface area contributed by atoms with E-state index in [9.17, 15) is 19.1 Å². The fourth-order valence-corrected chi connectivity index (χ4v) is 5.34. The van der Waals surface area contributed by atoms with Gasteiger partial charge in [0.15, 0.2) is 0 Å². The highest BCUT2D eigenvalue weighted by Crippen LogP contribution is 2.39. The minimum atomic E-state index is -0.599. The van der Waals surface area contributed by atoms with Crippen LogP contribution in [0.2, 0.25) is 0 Å². The largest absolute Gasteiger partial charge is 0.488 e. The molecule has 3 heterocycles. The molecule has 2 N–H and O–H groups in total. The van der Waals surface area contributed by atoms with E-state index in [1.165, 1.54) is 18.2 Å². The molecule has 2 aliphatic rings. The van der Waals surface area contributed by atoms with Crippen LogP contribution in [0.25, 0.3) is 22.7 Å². The Bertz CT molecular complexity index is 1680. The van der Waals surface area contributed by atoms with Gasteiger partial charge in [-0.15, -0.1) is 4.99 Å². The third kappa shape index (κ3) is 4.00. The summed E-state index contributed by atoms with van der Waals surface area (Å²) in [5.41, 5.74) is 5.12. The van der Waals surface area contributed by atoms with Crippen molar-refractivity contribution in [1.29, 1.82) is 5.26 Å². The number of hydrogen-bond donors (Lipinski definition) is 2. The monoisotopic (exact) mass is 499 g/mol. The minimum absolute atomic E-state index is 0.0113. The fraction of sp³-hybridized carbons (Fsp3) is 0.214. The van der Waals surface area contributed by atoms with E-state index in [0.29, 0.717) is 46.7 Å². The molecule has 1 saturated heterocycles. The number of nitriles is 1. The number of likely N-dealkylation sites (tertiary alicyclic amines) is 1. The van der Waals surface area contributed by atoms with Crippen molar-refractivity contribution >= 4 is 22.7 Å². The van der Waals surface area contributed by atoms with Crippen LogP contribution in [0, 0.1) is 23.1 Å². The average molecular weight is 500 g/mol. The third-order valence-corrected chi connectivity index (χ3v) is 7.01. The Morgan fingerprint density at radius 2 is 2.00 bits per heavy atom. The molecule has 0 bridgehead atoms. The zero-order valence-corrected chi connectivity index (χ0v) is 19.9. The van der Waals surface area contributed by atoms with Gasteiger partial charge >= 0.3 is 0 Å². The number of aliphatic hydroxyl groups excluding tert-OH is 1. The van der Waals surface area contributed by atoms with E-state index in [1.54, 1.807) is 12.1 Å². The van der Waals surface area contributed by atoms with Gasteiger partial charge in [-0.1, -0.05) is 18.2 Å². The number of aromatic nitrogens is 2. The van der Waals surface area contributed by atoms with Crippen molar-refractivity contribution in [3.05, 3.63) is 94.1 Å². The van der Waals surface area contributed by atoms with Crippen LogP contribution in [0.3, 0.4) is 0 Å². The number of fused-ring (bicyclic) bond motifs is 3. The normalized spacial score (nSPS) is 20.9. The second-order valence-electron chi connectivity index (χ2n) is 9.42. The number of rotatable bonds is 2. The van der Waals surface area contributed by atoms with E-state index in [1.807, 2.05) is 53.0 Å². The van der Waals surface area contributed by atoms with Crippen molar-refractivity contribution < 1.29 is 18.6 Å². The van der Waals surface area contributed by atoms with Gasteiger partial charge in [0.25, 0.3) is 0 Å². The van der Waals surface area contributed by atoms with Crippen molar-refractivity contribution in [2.24, 2.45) is 4.99 Å². The molecular formula is C28H23F2N5O2. The molecule has 0 spiro atoms. The van der Waals surface area contributed by atoms with Crippen LogP contribution in [-0.4, -0.2) is 45.8 Å². The molecule has 0 saturated carbocycles. The molecule has 9 heteroatoms. The Morgan fingerprint density at radius 3 is 2.78 bits per heavy atom. The molecule has 2 atom stereocenters. The van der Waals surface area contributed by atoms with Crippen LogP contribution in [0.15, 0.2) is 59.6 Å². The minimum Gasteiger partial charge on any atom is -0.488 e. The molecule has 6 rings (SSSR count). The van der Waals surface area contributed by atoms with E-state index in [-0.39, 0.29) is 18.5 Å². The maximum atomic E-state index is 14.8. The highest BCUT2D eigenvalue weighted by molar-refractivity contribution is 5.95. The summed E-state index contributed by atoms with van der Waals surface area (Å²) in [6.07, 6.45) is 3.15. The predicted molar refractivity (Wildman–Crippen MR) is 134 cm³/mol. The second-order valence-corrected chi connectivity index (χ2v) is 9.42. The summed E-state index contributed by atoms with van der Waals surface area (Å²) >= 11 is 0. The summed E-state index contributed by atoms with van der Waals surface area (Å²) < 4.78 is 36.4. The lowest BCUT2D eigenvalue weighted by Gasteiger charge is -2.16. The van der Waals surface area contributed by atoms with E-state index < -0.39 is 11.9 Å². The number of hydrogen-bond acceptors (Lipinski definition) is 5. The molecule has 3 aromatic carbocycles. The van der Waals surface area contributed by atoms with E-state index >= 15 is 0 Å². The van der Waals surface area contributed by atoms with Crippen LogP contribution in [0.1, 0.15) is 28.3 Å². The molecule has 186 valence electrons. The van der Waals surface area contributed by atoms with Gasteiger partial charge in [0, 0.05) is 30.3 Å². The Hall–Kier alpha value is -4.26. The van der Waals surface area contributed by atoms with Crippen molar-refractivity contribution in [2.45, 2.75) is 18.8 Å². The van der Waals surface area contributed by atoms with Crippen LogP contribution < -0.4 is 10.4 Å². The molecule has 1 aromatic heterocycles. The lowest BCUT2D eigenvalue weighted by Crippen LogP contribution is -2.30. The quantitative estimate of drug-likeness (QED) is 0.409. The summed E-state index contributed by atoms with van der Waals surface area (Å²) in [6, 6.07) is 14.6. The molecule has 0 amide bonds. The van der Waals surface area contributed by atoms with Gasteiger partial charge in [0.2, 0.25) is 11.8 Å². The lowest BCUT2D eigenvalue weighted by molar-refractivity contribution is 0.146. The molecular weight excluding hydrogens is 476 g/mol. The molecule has 4 aromatic rings. The third-order valence-electron chi connectivity index (χ3n) is 7.01. The summed E-state index contributed by atoms with van der Waals surface area (Å²) in [6.45, 7) is 1.13. The summed E-state index contributed by atoms with van der Waals surface area (Å²) in [4.78, 5) is 9.19. The first-order chi connectivity index (χ1) is 17.9. The van der Waals surface area contributed by atoms with Crippen LogP contribution in [-0.2, 0) is 6.61 Å². The van der Waals surface area contributed by atoms with Crippen LogP contribution in [0.4, 0.5) is 8.78 Å². The summed E-state index contributed by atoms with van der Waals surface area (Å²) in [5, 5.41) is 19.9. The van der Waals surface area contributed by atoms with E-state index in [2.05, 4.69) is 9.98 Å². The summed E-state index contributed by atoms with van der Waals surface area (Å²) in [7, 11) is 1.94. The zero-order chi connectivity index (χ0) is 25.7. The van der Waals surface area contributed by atoms with Gasteiger partial charge in [-0.2, -0.15) is 5.26 Å². The van der Waals surface area contributed by atoms with Gasteiger partial charge in [-0.05, 0) is 60.2 Å². The topological polar surface area (TPSA) is 89.6 Å². The van der Waals surface area contributed by atoms with Gasteiger partial charge in [0.05, 0.1) is 23.2 Å². The Labute approximate surface area is 211 Å². The number of nitrogens with zero attached hydrogens (tertiary/aromatic N) is 4. The van der Waals surface area contributed by atoms with Crippen molar-refractivity contribution in [3.8, 4) is 11.9 Å². The molecule has 7 nitrogen and oxygen atoms in total. The lowest BCUT2D eigenvalue weighted by atomic mass is 9.92. The Kier molecular flexibility index (Phi) is 5.63. The van der Waals surface area contributed by atoms with E-state index in [4.69, 9.17) is 4.74 Å². The first kappa shape index (κ1) is 23.2. The maximum absolute atomic E-state index is 14.8. The number of β-amino-alcohol motifs (C(OH)–C–C–N with tert-alkyl or cyclic N) is 1. The van der Waals surface area contributed by atoms with Crippen molar-refractivity contribution in [3.63, 3.8) is 0 Å². The highest BCUT2D eigenvalue weighted by atomic mass is 19.1. The fourth-order valence-electron chi connectivity index (χ4n) is 5.34. The predicted octanol–water partition coefficient (Wildman–Crippen LogP) is 3.96. The smallest absolute Gasteiger partial charge is 0.219 e. The first-order valence-corrected chi connectivity index (χ1v) is 11.9. The molecule has 0 unspecified atom stereocenters. The van der Waals surface area contributed by atoms with Crippen molar-refractivity contribution in [1.82, 2.24) is 14.5 Å². The molecule has 37 heavy (non-hydrogen) atoms. The molecule has 2 aliphatic heterocycles. The SMILES string of the molecule is CN1C[C@@H](O)[C@H](n2/c(=N/C#N)[nH]c3cc(/C=C4/c5ccc(F)cc5OCc5c(F)cccc54)ccc32)C1. The number of likely N-dealkylation sites (N-methyl/N-ethyl adjacent to an activating group) is 1.